The minimum Gasteiger partial charge on any atom is -0.463 e. The van der Waals surface area contributed by atoms with Gasteiger partial charge >= 0.3 is 23.9 Å². The normalized spacial score (nSPS) is 26.8. The third-order valence-corrected chi connectivity index (χ3v) is 3.58. The zero-order valence-corrected chi connectivity index (χ0v) is 16.4. The lowest BCUT2D eigenvalue weighted by Gasteiger charge is -2.44. The van der Waals surface area contributed by atoms with E-state index in [1.807, 2.05) is 0 Å². The molecular formula is C17H27NO10. The summed E-state index contributed by atoms with van der Waals surface area (Å²) in [6.07, 6.45) is -5.33. The molecule has 0 aliphatic carbocycles. The number of rotatable bonds is 9. The van der Waals surface area contributed by atoms with Crippen molar-refractivity contribution in [3.8, 4) is 0 Å². The molecule has 1 rings (SSSR count). The van der Waals surface area contributed by atoms with Crippen LogP contribution in [0.25, 0.3) is 0 Å². The second-order valence-corrected chi connectivity index (χ2v) is 6.08. The molecule has 1 aliphatic rings. The summed E-state index contributed by atoms with van der Waals surface area (Å²) in [7, 11) is 0. The maximum absolute atomic E-state index is 11.6. The highest BCUT2D eigenvalue weighted by molar-refractivity contribution is 5.68. The Labute approximate surface area is 162 Å². The van der Waals surface area contributed by atoms with Crippen LogP contribution in [0.3, 0.4) is 0 Å². The Morgan fingerprint density at radius 3 is 1.86 bits per heavy atom. The predicted molar refractivity (Wildman–Crippen MR) is 91.6 cm³/mol. The van der Waals surface area contributed by atoms with Gasteiger partial charge in [0, 0.05) is 27.7 Å². The second-order valence-electron chi connectivity index (χ2n) is 6.08. The van der Waals surface area contributed by atoms with Crippen molar-refractivity contribution in [3.63, 3.8) is 0 Å². The Kier molecular flexibility index (Phi) is 9.83. The number of esters is 4. The van der Waals surface area contributed by atoms with Gasteiger partial charge in [0.25, 0.3) is 0 Å². The van der Waals surface area contributed by atoms with Gasteiger partial charge in [-0.1, -0.05) is 0 Å². The van der Waals surface area contributed by atoms with Crippen LogP contribution >= 0.6 is 0 Å². The van der Waals surface area contributed by atoms with E-state index >= 15 is 0 Å². The number of carbonyl (C=O) groups excluding carboxylic acids is 4. The molecule has 0 amide bonds. The van der Waals surface area contributed by atoms with E-state index in [0.717, 1.165) is 20.8 Å². The average Bonchev–Trinajstić information content (AvgIpc) is 2.57. The Balaban J connectivity index is 3.21. The Morgan fingerprint density at radius 2 is 1.36 bits per heavy atom. The first-order chi connectivity index (χ1) is 13.1. The van der Waals surface area contributed by atoms with Crippen LogP contribution in [0.2, 0.25) is 0 Å². The summed E-state index contributed by atoms with van der Waals surface area (Å²) in [4.78, 5) is 46.0. The Bertz CT molecular complexity index is 566. The van der Waals surface area contributed by atoms with Crippen molar-refractivity contribution in [1.82, 2.24) is 0 Å². The predicted octanol–water partition coefficient (Wildman–Crippen LogP) is -0.565. The lowest BCUT2D eigenvalue weighted by Crippen LogP contribution is -2.63. The summed E-state index contributed by atoms with van der Waals surface area (Å²) in [5.74, 6) is -2.66. The van der Waals surface area contributed by atoms with E-state index in [4.69, 9.17) is 34.2 Å². The topological polar surface area (TPSA) is 150 Å². The summed E-state index contributed by atoms with van der Waals surface area (Å²) in [5, 5.41) is 0. The molecule has 0 aromatic carbocycles. The molecule has 2 N–H and O–H groups in total. The molecule has 1 aliphatic heterocycles. The average molecular weight is 405 g/mol. The van der Waals surface area contributed by atoms with Crippen molar-refractivity contribution < 1.29 is 47.6 Å². The molecule has 0 bridgehead atoms. The second kappa shape index (κ2) is 11.6. The zero-order valence-electron chi connectivity index (χ0n) is 16.4. The van der Waals surface area contributed by atoms with Crippen molar-refractivity contribution in [1.29, 1.82) is 0 Å². The lowest BCUT2D eigenvalue weighted by molar-refractivity contribution is -0.308. The lowest BCUT2D eigenvalue weighted by atomic mass is 9.98. The molecule has 0 aromatic heterocycles. The molecule has 11 heteroatoms. The van der Waals surface area contributed by atoms with Crippen molar-refractivity contribution in [2.24, 2.45) is 5.73 Å². The van der Waals surface area contributed by atoms with Gasteiger partial charge in [-0.25, -0.2) is 0 Å². The Hall–Kier alpha value is -2.24. The van der Waals surface area contributed by atoms with E-state index in [9.17, 15) is 19.2 Å². The highest BCUT2D eigenvalue weighted by Crippen LogP contribution is 2.30. The van der Waals surface area contributed by atoms with Crippen LogP contribution in [-0.2, 0) is 47.6 Å². The Morgan fingerprint density at radius 1 is 0.821 bits per heavy atom. The minimum atomic E-state index is -1.23. The van der Waals surface area contributed by atoms with Crippen molar-refractivity contribution in [2.45, 2.75) is 64.8 Å². The fourth-order valence-corrected chi connectivity index (χ4v) is 2.61. The molecule has 5 atom stereocenters. The maximum atomic E-state index is 11.6. The quantitative estimate of drug-likeness (QED) is 0.298. The molecule has 11 nitrogen and oxygen atoms in total. The van der Waals surface area contributed by atoms with Crippen LogP contribution in [0.15, 0.2) is 0 Å². The van der Waals surface area contributed by atoms with E-state index in [2.05, 4.69) is 0 Å². The van der Waals surface area contributed by atoms with E-state index in [-0.39, 0.29) is 13.2 Å². The van der Waals surface area contributed by atoms with Gasteiger partial charge in [0.15, 0.2) is 24.6 Å². The molecule has 5 unspecified atom stereocenters. The van der Waals surface area contributed by atoms with Gasteiger partial charge in [-0.3, -0.25) is 19.2 Å². The summed E-state index contributed by atoms with van der Waals surface area (Å²) >= 11 is 0. The summed E-state index contributed by atoms with van der Waals surface area (Å²) in [6.45, 7) is 4.89. The van der Waals surface area contributed by atoms with Gasteiger partial charge < -0.3 is 34.2 Å². The highest BCUT2D eigenvalue weighted by Gasteiger charge is 2.52. The van der Waals surface area contributed by atoms with Crippen LogP contribution < -0.4 is 5.73 Å². The minimum absolute atomic E-state index is 0.171. The molecule has 1 heterocycles. The van der Waals surface area contributed by atoms with Crippen LogP contribution in [0.1, 0.15) is 34.1 Å². The highest BCUT2D eigenvalue weighted by atomic mass is 16.7. The van der Waals surface area contributed by atoms with Gasteiger partial charge in [-0.15, -0.1) is 0 Å². The fourth-order valence-electron chi connectivity index (χ4n) is 2.61. The van der Waals surface area contributed by atoms with E-state index in [1.165, 1.54) is 6.92 Å². The maximum Gasteiger partial charge on any atom is 0.303 e. The molecule has 0 spiro atoms. The molecule has 0 saturated carbocycles. The number of hydrogen-bond donors (Lipinski definition) is 1. The van der Waals surface area contributed by atoms with E-state index in [0.29, 0.717) is 13.0 Å². The van der Waals surface area contributed by atoms with Crippen molar-refractivity contribution in [3.05, 3.63) is 0 Å². The monoisotopic (exact) mass is 405 g/mol. The molecular weight excluding hydrogens is 378 g/mol. The molecule has 28 heavy (non-hydrogen) atoms. The van der Waals surface area contributed by atoms with Gasteiger partial charge in [0.1, 0.15) is 12.7 Å². The largest absolute Gasteiger partial charge is 0.463 e. The van der Waals surface area contributed by atoms with Gasteiger partial charge in [0.2, 0.25) is 0 Å². The van der Waals surface area contributed by atoms with Crippen LogP contribution in [-0.4, -0.2) is 74.3 Å². The van der Waals surface area contributed by atoms with Gasteiger partial charge in [-0.05, 0) is 13.0 Å². The third-order valence-electron chi connectivity index (χ3n) is 3.58. The molecule has 160 valence electrons. The number of carbonyl (C=O) groups is 4. The van der Waals surface area contributed by atoms with Crippen molar-refractivity contribution in [2.75, 3.05) is 19.8 Å². The number of ether oxygens (including phenoxy) is 6. The molecule has 1 fully saturated rings. The van der Waals surface area contributed by atoms with E-state index in [1.54, 1.807) is 0 Å². The number of nitrogens with two attached hydrogens (primary N) is 1. The van der Waals surface area contributed by atoms with Crippen molar-refractivity contribution >= 4 is 23.9 Å². The third kappa shape index (κ3) is 7.79. The summed E-state index contributed by atoms with van der Waals surface area (Å²) in [5.41, 5.74) is 5.45. The van der Waals surface area contributed by atoms with Crippen LogP contribution in [0.5, 0.6) is 0 Å². The standard InChI is InChI=1S/C17H27NO10/c1-9(19)24-8-13-14(25-10(2)20)15(26-11(3)21)16(27-12(4)22)17(28-13)23-7-5-6-18/h13-17H,5-8,18H2,1-4H3. The van der Waals surface area contributed by atoms with E-state index < -0.39 is 54.6 Å². The van der Waals surface area contributed by atoms with Crippen LogP contribution in [0, 0.1) is 0 Å². The smallest absolute Gasteiger partial charge is 0.303 e. The fraction of sp³-hybridized carbons (Fsp3) is 0.765. The molecule has 0 radical (unpaired) electrons. The van der Waals surface area contributed by atoms with Gasteiger partial charge in [0.05, 0.1) is 6.61 Å². The first-order valence-corrected chi connectivity index (χ1v) is 8.77. The summed E-state index contributed by atoms with van der Waals surface area (Å²) < 4.78 is 32.0. The molecule has 1 saturated heterocycles. The van der Waals surface area contributed by atoms with Crippen LogP contribution in [0.4, 0.5) is 0 Å². The summed E-state index contributed by atoms with van der Waals surface area (Å²) in [6, 6.07) is 0. The first-order valence-electron chi connectivity index (χ1n) is 8.77. The van der Waals surface area contributed by atoms with Gasteiger partial charge in [-0.2, -0.15) is 0 Å². The first kappa shape index (κ1) is 23.8. The zero-order chi connectivity index (χ0) is 21.3. The molecule has 0 aromatic rings. The SMILES string of the molecule is CC(=O)OCC1OC(OCCCN)C(OC(C)=O)C(OC(C)=O)C1OC(C)=O. The number of hydrogen-bond acceptors (Lipinski definition) is 11.